The minimum Gasteiger partial charge on any atom is -0.497 e. The van der Waals surface area contributed by atoms with Crippen LogP contribution >= 0.6 is 0 Å². The molecule has 0 N–H and O–H groups in total. The zero-order valence-corrected chi connectivity index (χ0v) is 19.4. The van der Waals surface area contributed by atoms with Crippen LogP contribution in [0.1, 0.15) is 65.2 Å². The average Bonchev–Trinajstić information content (AvgIpc) is 3.22. The molecule has 5 rings (SSSR count). The van der Waals surface area contributed by atoms with E-state index in [0.29, 0.717) is 35.2 Å². The van der Waals surface area contributed by atoms with Crippen molar-refractivity contribution in [2.75, 3.05) is 14.2 Å². The highest BCUT2D eigenvalue weighted by molar-refractivity contribution is 5.91. The van der Waals surface area contributed by atoms with Gasteiger partial charge in [-0.15, -0.1) is 0 Å². The monoisotopic (exact) mass is 428 g/mol. The Bertz CT molecular complexity index is 858. The molecule has 5 nitrogen and oxygen atoms in total. The van der Waals surface area contributed by atoms with Crippen LogP contribution in [0.15, 0.2) is 35.8 Å². The minimum absolute atomic E-state index is 0.0317. The van der Waals surface area contributed by atoms with Gasteiger partial charge in [0.05, 0.1) is 7.11 Å². The van der Waals surface area contributed by atoms with E-state index in [1.807, 2.05) is 19.1 Å². The number of hydrogen-bond donors (Lipinski definition) is 0. The van der Waals surface area contributed by atoms with Crippen LogP contribution in [0.3, 0.4) is 0 Å². The van der Waals surface area contributed by atoms with E-state index >= 15 is 0 Å². The summed E-state index contributed by atoms with van der Waals surface area (Å²) in [5.74, 6) is 3.15. The molecule has 31 heavy (non-hydrogen) atoms. The number of ketones is 1. The molecular weight excluding hydrogens is 392 g/mol. The van der Waals surface area contributed by atoms with Crippen LogP contribution in [0.25, 0.3) is 0 Å². The van der Waals surface area contributed by atoms with E-state index in [-0.39, 0.29) is 5.41 Å². The minimum atomic E-state index is -1.10. The molecule has 0 bridgehead atoms. The molecule has 5 heteroatoms. The summed E-state index contributed by atoms with van der Waals surface area (Å²) >= 11 is 0. The smallest absolute Gasteiger partial charge is 0.324 e. The van der Waals surface area contributed by atoms with Crippen molar-refractivity contribution in [1.29, 1.82) is 0 Å². The van der Waals surface area contributed by atoms with E-state index in [2.05, 4.69) is 13.5 Å². The molecule has 0 radical (unpaired) electrons. The topological polar surface area (TPSA) is 54.0 Å². The maximum absolute atomic E-state index is 12.0. The fraction of sp³-hybridized carbons (Fsp3) is 0.731. The van der Waals surface area contributed by atoms with Gasteiger partial charge in [0.1, 0.15) is 17.1 Å². The first-order valence-corrected chi connectivity index (χ1v) is 11.9. The lowest BCUT2D eigenvalue weighted by molar-refractivity contribution is -0.331. The van der Waals surface area contributed by atoms with Gasteiger partial charge in [0.25, 0.3) is 0 Å². The summed E-state index contributed by atoms with van der Waals surface area (Å²) in [6, 6.07) is 0. The highest BCUT2D eigenvalue weighted by atomic mass is 16.9. The third-order valence-corrected chi connectivity index (χ3v) is 9.40. The number of hydrogen-bond acceptors (Lipinski definition) is 5. The van der Waals surface area contributed by atoms with Crippen LogP contribution in [0, 0.1) is 29.1 Å². The molecule has 0 aromatic carbocycles. The van der Waals surface area contributed by atoms with Gasteiger partial charge in [-0.25, -0.2) is 0 Å². The number of carbonyl (C=O) groups excluding carboxylic acids is 1. The summed E-state index contributed by atoms with van der Waals surface area (Å²) in [6.07, 6.45) is 12.2. The Morgan fingerprint density at radius 2 is 1.94 bits per heavy atom. The summed E-state index contributed by atoms with van der Waals surface area (Å²) in [4.78, 5) is 12.0. The molecular formula is C26H36O5. The normalized spacial score (nSPS) is 47.4. The van der Waals surface area contributed by atoms with Crippen molar-refractivity contribution in [3.05, 3.63) is 35.8 Å². The molecule has 4 fully saturated rings. The van der Waals surface area contributed by atoms with Crippen LogP contribution in [0.4, 0.5) is 0 Å². The zero-order chi connectivity index (χ0) is 22.0. The second-order valence-electron chi connectivity index (χ2n) is 10.6. The Morgan fingerprint density at radius 3 is 2.68 bits per heavy atom. The molecule has 4 aliphatic carbocycles. The summed E-state index contributed by atoms with van der Waals surface area (Å²) in [5.41, 5.74) is 0.877. The molecule has 1 aliphatic heterocycles. The van der Waals surface area contributed by atoms with Gasteiger partial charge in [0.2, 0.25) is 0 Å². The molecule has 3 saturated carbocycles. The van der Waals surface area contributed by atoms with Crippen molar-refractivity contribution in [3.63, 3.8) is 0 Å². The second kappa shape index (κ2) is 7.21. The summed E-state index contributed by atoms with van der Waals surface area (Å²) in [5, 5.41) is 0. The molecule has 5 aliphatic rings. The second-order valence-corrected chi connectivity index (χ2v) is 10.6. The van der Waals surface area contributed by atoms with Crippen LogP contribution < -0.4 is 0 Å². The van der Waals surface area contributed by atoms with Crippen molar-refractivity contribution in [1.82, 2.24) is 0 Å². The molecule has 0 amide bonds. The van der Waals surface area contributed by atoms with Crippen LogP contribution in [-0.4, -0.2) is 31.6 Å². The maximum Gasteiger partial charge on any atom is 0.324 e. The SMILES string of the molecule is C=C(/C=C1/OC(C)(OC)O[C@@]12CC[C@H]1[C@@H]3CCC4=CC(=O)CC[C@@H]4[C@H]3CC[C@@]12C)OC. The van der Waals surface area contributed by atoms with Gasteiger partial charge < -0.3 is 18.9 Å². The molecule has 0 aromatic rings. The van der Waals surface area contributed by atoms with Crippen LogP contribution in [0.5, 0.6) is 0 Å². The van der Waals surface area contributed by atoms with Crippen molar-refractivity contribution >= 4 is 5.78 Å². The predicted molar refractivity (Wildman–Crippen MR) is 117 cm³/mol. The molecule has 1 unspecified atom stereocenters. The highest BCUT2D eigenvalue weighted by Gasteiger charge is 2.70. The van der Waals surface area contributed by atoms with E-state index < -0.39 is 11.6 Å². The third-order valence-electron chi connectivity index (χ3n) is 9.40. The molecule has 1 heterocycles. The van der Waals surface area contributed by atoms with Gasteiger partial charge >= 0.3 is 5.97 Å². The number of allylic oxidation sites excluding steroid dienone is 2. The third kappa shape index (κ3) is 2.99. The number of ether oxygens (including phenoxy) is 4. The lowest BCUT2D eigenvalue weighted by Gasteiger charge is -2.55. The first-order valence-electron chi connectivity index (χ1n) is 11.9. The fourth-order valence-electron chi connectivity index (χ4n) is 7.86. The van der Waals surface area contributed by atoms with Gasteiger partial charge in [-0.2, -0.15) is 0 Å². The van der Waals surface area contributed by atoms with Crippen molar-refractivity contribution in [3.8, 4) is 0 Å². The van der Waals surface area contributed by atoms with Crippen molar-refractivity contribution in [2.24, 2.45) is 29.1 Å². The van der Waals surface area contributed by atoms with Gasteiger partial charge in [-0.05, 0) is 74.7 Å². The Hall–Kier alpha value is -1.59. The van der Waals surface area contributed by atoms with Crippen molar-refractivity contribution < 1.29 is 23.7 Å². The van der Waals surface area contributed by atoms with Gasteiger partial charge in [0.15, 0.2) is 5.78 Å². The van der Waals surface area contributed by atoms with Crippen LogP contribution in [0.2, 0.25) is 0 Å². The van der Waals surface area contributed by atoms with Gasteiger partial charge in [-0.1, -0.05) is 19.1 Å². The number of methoxy groups -OCH3 is 2. The lowest BCUT2D eigenvalue weighted by Crippen LogP contribution is -2.54. The van der Waals surface area contributed by atoms with E-state index in [1.54, 1.807) is 14.2 Å². The number of fused-ring (bicyclic) bond motifs is 6. The largest absolute Gasteiger partial charge is 0.497 e. The first-order chi connectivity index (χ1) is 14.7. The van der Waals surface area contributed by atoms with Gasteiger partial charge in [0, 0.05) is 31.9 Å². The Labute approximate surface area is 185 Å². The van der Waals surface area contributed by atoms with Gasteiger partial charge in [-0.3, -0.25) is 4.79 Å². The average molecular weight is 429 g/mol. The number of rotatable bonds is 3. The molecule has 7 atom stereocenters. The zero-order valence-electron chi connectivity index (χ0n) is 19.4. The highest BCUT2D eigenvalue weighted by Crippen LogP contribution is 2.69. The Kier molecular flexibility index (Phi) is 4.95. The standard InChI is InChI=1S/C26H36O5/c1-16(28-4)14-23-26(31-25(3,29-5)30-23)13-11-22-21-8-6-17-15-18(27)7-9-19(17)20(21)10-12-24(22,26)2/h14-15,19-22H,1,6-13H2,2-5H3/b23-14+/t19-,20+,21+,22-,24-,25?,26-/m0/s1. The summed E-state index contributed by atoms with van der Waals surface area (Å²) in [6.45, 7) is 8.26. The Morgan fingerprint density at radius 1 is 1.13 bits per heavy atom. The molecule has 1 spiro atoms. The van der Waals surface area contributed by atoms with E-state index in [9.17, 15) is 4.79 Å². The van der Waals surface area contributed by atoms with E-state index in [0.717, 1.165) is 44.3 Å². The predicted octanol–water partition coefficient (Wildman–Crippen LogP) is 5.28. The molecule has 170 valence electrons. The quantitative estimate of drug-likeness (QED) is 0.573. The van der Waals surface area contributed by atoms with Crippen LogP contribution in [-0.2, 0) is 23.7 Å². The molecule has 0 aromatic heterocycles. The summed E-state index contributed by atoms with van der Waals surface area (Å²) in [7, 11) is 3.26. The summed E-state index contributed by atoms with van der Waals surface area (Å²) < 4.78 is 24.0. The number of carbonyl (C=O) groups is 1. The molecule has 1 saturated heterocycles. The van der Waals surface area contributed by atoms with Crippen molar-refractivity contribution in [2.45, 2.75) is 76.8 Å². The lowest BCUT2D eigenvalue weighted by atomic mass is 9.50. The maximum atomic E-state index is 12.0. The van der Waals surface area contributed by atoms with E-state index in [4.69, 9.17) is 18.9 Å². The Balaban J connectivity index is 1.50. The fourth-order valence-corrected chi connectivity index (χ4v) is 7.86. The van der Waals surface area contributed by atoms with E-state index in [1.165, 1.54) is 18.4 Å². The first kappa shape index (κ1) is 21.3.